The van der Waals surface area contributed by atoms with E-state index in [-0.39, 0.29) is 6.10 Å². The van der Waals surface area contributed by atoms with Crippen LogP contribution in [0.4, 0.5) is 0 Å². The normalized spacial score (nSPS) is 26.0. The maximum absolute atomic E-state index is 6.40. The van der Waals surface area contributed by atoms with Gasteiger partial charge in [0.25, 0.3) is 0 Å². The molecule has 2 atom stereocenters. The van der Waals surface area contributed by atoms with Gasteiger partial charge in [-0.2, -0.15) is 0 Å². The molecule has 1 aliphatic carbocycles. The molecule has 1 saturated heterocycles. The predicted octanol–water partition coefficient (Wildman–Crippen LogP) is 3.43. The van der Waals surface area contributed by atoms with Crippen LogP contribution < -0.4 is 0 Å². The van der Waals surface area contributed by atoms with Crippen molar-refractivity contribution in [2.24, 2.45) is 5.92 Å². The third-order valence-corrected chi connectivity index (χ3v) is 4.63. The molecular formula is C19H22N2O. The summed E-state index contributed by atoms with van der Waals surface area (Å²) in [5.41, 5.74) is 2.43. The molecule has 3 heteroatoms. The second-order valence-corrected chi connectivity index (χ2v) is 6.43. The summed E-state index contributed by atoms with van der Waals surface area (Å²) in [6.07, 6.45) is 5.09. The molecule has 2 aliphatic rings. The van der Waals surface area contributed by atoms with Gasteiger partial charge in [0.15, 0.2) is 0 Å². The van der Waals surface area contributed by atoms with E-state index in [1.807, 2.05) is 12.3 Å². The summed E-state index contributed by atoms with van der Waals surface area (Å²) in [5, 5.41) is 0. The van der Waals surface area contributed by atoms with E-state index in [1.54, 1.807) is 0 Å². The van der Waals surface area contributed by atoms with Crippen LogP contribution >= 0.6 is 0 Å². The van der Waals surface area contributed by atoms with Gasteiger partial charge in [-0.05, 0) is 36.5 Å². The lowest BCUT2D eigenvalue weighted by Crippen LogP contribution is -2.44. The van der Waals surface area contributed by atoms with Crippen LogP contribution in [0.2, 0.25) is 0 Å². The summed E-state index contributed by atoms with van der Waals surface area (Å²) in [6.45, 7) is 2.89. The van der Waals surface area contributed by atoms with Crippen molar-refractivity contribution >= 4 is 0 Å². The first-order chi connectivity index (χ1) is 10.9. The molecule has 22 heavy (non-hydrogen) atoms. The van der Waals surface area contributed by atoms with Gasteiger partial charge >= 0.3 is 0 Å². The number of benzene rings is 1. The van der Waals surface area contributed by atoms with Crippen LogP contribution in [-0.4, -0.2) is 29.1 Å². The number of morpholine rings is 1. The zero-order chi connectivity index (χ0) is 14.8. The number of nitrogens with zero attached hydrogens (tertiary/aromatic N) is 2. The SMILES string of the molecule is c1ccc([C@@H]2CN(Cc3ccccn3)C[C@H](C3CC3)O2)cc1. The highest BCUT2D eigenvalue weighted by Gasteiger charge is 2.38. The first kappa shape index (κ1) is 13.9. The summed E-state index contributed by atoms with van der Waals surface area (Å²) >= 11 is 0. The van der Waals surface area contributed by atoms with Gasteiger partial charge in [0, 0.05) is 25.8 Å². The van der Waals surface area contributed by atoms with Gasteiger partial charge in [-0.1, -0.05) is 36.4 Å². The number of ether oxygens (including phenoxy) is 1. The molecule has 1 saturated carbocycles. The molecular weight excluding hydrogens is 272 g/mol. The van der Waals surface area contributed by atoms with Crippen molar-refractivity contribution < 1.29 is 4.74 Å². The van der Waals surface area contributed by atoms with Crippen LogP contribution in [-0.2, 0) is 11.3 Å². The lowest BCUT2D eigenvalue weighted by Gasteiger charge is -2.38. The summed E-state index contributed by atoms with van der Waals surface area (Å²) in [6, 6.07) is 16.8. The standard InChI is InChI=1S/C19H22N2O/c1-2-6-15(7-3-1)18-13-21(12-17-8-4-5-11-20-17)14-19(22-18)16-9-10-16/h1-8,11,16,18-19H,9-10,12-14H2/t18-,19+/m0/s1. The molecule has 1 aromatic heterocycles. The molecule has 1 aliphatic heterocycles. The quantitative estimate of drug-likeness (QED) is 0.864. The van der Waals surface area contributed by atoms with E-state index >= 15 is 0 Å². The molecule has 0 bridgehead atoms. The van der Waals surface area contributed by atoms with Gasteiger partial charge in [0.05, 0.1) is 17.9 Å². The minimum absolute atomic E-state index is 0.185. The first-order valence-electron chi connectivity index (χ1n) is 8.21. The zero-order valence-corrected chi connectivity index (χ0v) is 12.8. The van der Waals surface area contributed by atoms with Crippen LogP contribution in [0.5, 0.6) is 0 Å². The van der Waals surface area contributed by atoms with Crippen molar-refractivity contribution in [1.29, 1.82) is 0 Å². The third kappa shape index (κ3) is 3.21. The lowest BCUT2D eigenvalue weighted by molar-refractivity contribution is -0.0988. The van der Waals surface area contributed by atoms with Gasteiger partial charge in [-0.15, -0.1) is 0 Å². The summed E-state index contributed by atoms with van der Waals surface area (Å²) in [7, 11) is 0. The fraction of sp³-hybridized carbons (Fsp3) is 0.421. The minimum Gasteiger partial charge on any atom is -0.367 e. The van der Waals surface area contributed by atoms with Crippen molar-refractivity contribution in [2.75, 3.05) is 13.1 Å². The van der Waals surface area contributed by atoms with Crippen molar-refractivity contribution in [3.63, 3.8) is 0 Å². The Morgan fingerprint density at radius 1 is 1.00 bits per heavy atom. The molecule has 2 aromatic rings. The van der Waals surface area contributed by atoms with Gasteiger partial charge in [-0.3, -0.25) is 9.88 Å². The van der Waals surface area contributed by atoms with Gasteiger partial charge in [-0.25, -0.2) is 0 Å². The van der Waals surface area contributed by atoms with Crippen molar-refractivity contribution in [1.82, 2.24) is 9.88 Å². The largest absolute Gasteiger partial charge is 0.367 e. The monoisotopic (exact) mass is 294 g/mol. The maximum Gasteiger partial charge on any atom is 0.0956 e. The Hall–Kier alpha value is -1.71. The van der Waals surface area contributed by atoms with Crippen LogP contribution in [0.25, 0.3) is 0 Å². The summed E-state index contributed by atoms with van der Waals surface area (Å²) in [5.74, 6) is 0.762. The smallest absolute Gasteiger partial charge is 0.0956 e. The Labute approximate surface area is 131 Å². The average molecular weight is 294 g/mol. The fourth-order valence-electron chi connectivity index (χ4n) is 3.29. The number of hydrogen-bond acceptors (Lipinski definition) is 3. The van der Waals surface area contributed by atoms with Gasteiger partial charge in [0.2, 0.25) is 0 Å². The maximum atomic E-state index is 6.40. The topological polar surface area (TPSA) is 25.4 Å². The Morgan fingerprint density at radius 2 is 1.82 bits per heavy atom. The van der Waals surface area contributed by atoms with E-state index in [0.717, 1.165) is 31.2 Å². The van der Waals surface area contributed by atoms with Crippen molar-refractivity contribution in [3.05, 3.63) is 66.0 Å². The second kappa shape index (κ2) is 6.19. The van der Waals surface area contributed by atoms with E-state index in [1.165, 1.54) is 18.4 Å². The lowest BCUT2D eigenvalue weighted by atomic mass is 10.0. The van der Waals surface area contributed by atoms with Crippen LogP contribution in [0, 0.1) is 5.92 Å². The van der Waals surface area contributed by atoms with Crippen molar-refractivity contribution in [2.45, 2.75) is 31.6 Å². The molecule has 2 heterocycles. The number of rotatable bonds is 4. The molecule has 0 unspecified atom stereocenters. The molecule has 0 spiro atoms. The zero-order valence-electron chi connectivity index (χ0n) is 12.8. The Morgan fingerprint density at radius 3 is 2.55 bits per heavy atom. The van der Waals surface area contributed by atoms with Crippen LogP contribution in [0.15, 0.2) is 54.7 Å². The predicted molar refractivity (Wildman–Crippen MR) is 86.3 cm³/mol. The Bertz CT molecular complexity index is 597. The van der Waals surface area contributed by atoms with E-state index in [9.17, 15) is 0 Å². The fourth-order valence-corrected chi connectivity index (χ4v) is 3.29. The highest BCUT2D eigenvalue weighted by Crippen LogP contribution is 2.39. The van der Waals surface area contributed by atoms with E-state index in [2.05, 4.69) is 52.3 Å². The van der Waals surface area contributed by atoms with E-state index in [4.69, 9.17) is 4.74 Å². The minimum atomic E-state index is 0.185. The van der Waals surface area contributed by atoms with Crippen LogP contribution in [0.3, 0.4) is 0 Å². The van der Waals surface area contributed by atoms with Gasteiger partial charge in [0.1, 0.15) is 0 Å². The molecule has 0 radical (unpaired) electrons. The highest BCUT2D eigenvalue weighted by atomic mass is 16.5. The van der Waals surface area contributed by atoms with E-state index in [0.29, 0.717) is 6.10 Å². The molecule has 4 rings (SSSR count). The molecule has 3 nitrogen and oxygen atoms in total. The molecule has 0 amide bonds. The Balaban J connectivity index is 1.51. The number of aromatic nitrogens is 1. The van der Waals surface area contributed by atoms with Crippen LogP contribution in [0.1, 0.15) is 30.2 Å². The van der Waals surface area contributed by atoms with Crippen molar-refractivity contribution in [3.8, 4) is 0 Å². The molecule has 2 fully saturated rings. The Kier molecular flexibility index (Phi) is 3.92. The highest BCUT2D eigenvalue weighted by molar-refractivity contribution is 5.19. The first-order valence-corrected chi connectivity index (χ1v) is 8.21. The molecule has 0 N–H and O–H groups in total. The molecule has 114 valence electrons. The van der Waals surface area contributed by atoms with E-state index < -0.39 is 0 Å². The summed E-state index contributed by atoms with van der Waals surface area (Å²) in [4.78, 5) is 6.98. The number of pyridine rings is 1. The van der Waals surface area contributed by atoms with Gasteiger partial charge < -0.3 is 4.74 Å². The molecule has 1 aromatic carbocycles. The second-order valence-electron chi connectivity index (χ2n) is 6.43. The third-order valence-electron chi connectivity index (χ3n) is 4.63. The average Bonchev–Trinajstić information content (AvgIpc) is 3.41. The summed E-state index contributed by atoms with van der Waals surface area (Å²) < 4.78 is 6.40. The number of hydrogen-bond donors (Lipinski definition) is 0.